The lowest BCUT2D eigenvalue weighted by Crippen LogP contribution is -2.29. The summed E-state index contributed by atoms with van der Waals surface area (Å²) in [5, 5.41) is 0. The second-order valence-electron chi connectivity index (χ2n) is 3.37. The van der Waals surface area contributed by atoms with Crippen LogP contribution >= 0.6 is 0 Å². The molecule has 1 saturated heterocycles. The first-order valence-corrected chi connectivity index (χ1v) is 6.30. The molecule has 1 N–H and O–H groups in total. The summed E-state index contributed by atoms with van der Waals surface area (Å²) in [7, 11) is -2.21. The monoisotopic (exact) mass is 257 g/mol. The number of esters is 1. The van der Waals surface area contributed by atoms with Gasteiger partial charge in [0.1, 0.15) is 5.82 Å². The molecule has 0 aliphatic carbocycles. The average Bonchev–Trinajstić information content (AvgIpc) is 2.68. The lowest BCUT2D eigenvalue weighted by atomic mass is 10.3. The number of hydrogen-bond donors (Lipinski definition) is 1. The molecule has 7 nitrogen and oxygen atoms in total. The van der Waals surface area contributed by atoms with E-state index in [9.17, 15) is 13.2 Å². The van der Waals surface area contributed by atoms with Crippen LogP contribution in [0.2, 0.25) is 0 Å². The second kappa shape index (κ2) is 4.30. The van der Waals surface area contributed by atoms with Crippen molar-refractivity contribution in [3.63, 3.8) is 0 Å². The molecule has 1 aliphatic heterocycles. The maximum Gasteiger partial charge on any atom is 0.339 e. The van der Waals surface area contributed by atoms with Crippen molar-refractivity contribution in [1.82, 2.24) is 9.71 Å². The molecule has 1 fully saturated rings. The zero-order valence-electron chi connectivity index (χ0n) is 9.08. The van der Waals surface area contributed by atoms with Gasteiger partial charge in [-0.15, -0.1) is 0 Å². The molecule has 92 valence electrons. The van der Waals surface area contributed by atoms with Crippen molar-refractivity contribution < 1.29 is 17.9 Å². The molecule has 0 atom stereocenters. The van der Waals surface area contributed by atoms with Crippen LogP contribution in [0.1, 0.15) is 10.4 Å². The number of carbonyl (C=O) groups is 1. The van der Waals surface area contributed by atoms with E-state index in [4.69, 9.17) is 0 Å². The van der Waals surface area contributed by atoms with Gasteiger partial charge in [0.05, 0.1) is 19.2 Å². The van der Waals surface area contributed by atoms with Crippen molar-refractivity contribution in [2.75, 3.05) is 24.5 Å². The quantitative estimate of drug-likeness (QED) is 0.723. The van der Waals surface area contributed by atoms with E-state index in [-0.39, 0.29) is 11.4 Å². The van der Waals surface area contributed by atoms with Gasteiger partial charge in [0, 0.05) is 12.7 Å². The smallest absolute Gasteiger partial charge is 0.339 e. The number of nitrogens with one attached hydrogen (secondary N) is 1. The van der Waals surface area contributed by atoms with Gasteiger partial charge in [0.15, 0.2) is 0 Å². The van der Waals surface area contributed by atoms with E-state index >= 15 is 0 Å². The summed E-state index contributed by atoms with van der Waals surface area (Å²) in [6.45, 7) is 0.676. The van der Waals surface area contributed by atoms with Gasteiger partial charge in [-0.1, -0.05) is 0 Å². The fourth-order valence-electron chi connectivity index (χ4n) is 1.48. The molecule has 0 aromatic carbocycles. The van der Waals surface area contributed by atoms with E-state index in [0.717, 1.165) is 4.31 Å². The Labute approximate surface area is 98.6 Å². The summed E-state index contributed by atoms with van der Waals surface area (Å²) >= 11 is 0. The van der Waals surface area contributed by atoms with Crippen molar-refractivity contribution in [3.8, 4) is 0 Å². The van der Waals surface area contributed by atoms with Crippen LogP contribution in [0.4, 0.5) is 5.82 Å². The highest BCUT2D eigenvalue weighted by Crippen LogP contribution is 2.17. The molecule has 0 unspecified atom stereocenters. The van der Waals surface area contributed by atoms with Crippen LogP contribution in [-0.2, 0) is 14.9 Å². The summed E-state index contributed by atoms with van der Waals surface area (Å²) in [6.07, 6.45) is 1.29. The third-order valence-electron chi connectivity index (χ3n) is 2.31. The first-order chi connectivity index (χ1) is 8.04. The highest BCUT2D eigenvalue weighted by molar-refractivity contribution is 7.91. The Morgan fingerprint density at radius 1 is 1.53 bits per heavy atom. The maximum atomic E-state index is 11.5. The molecular formula is C9H11N3O4S. The maximum absolute atomic E-state index is 11.5. The highest BCUT2D eigenvalue weighted by atomic mass is 32.2. The Balaban J connectivity index is 2.27. The summed E-state index contributed by atoms with van der Waals surface area (Å²) in [4.78, 5) is 15.1. The van der Waals surface area contributed by atoms with E-state index in [1.807, 2.05) is 0 Å². The number of aromatic nitrogens is 1. The highest BCUT2D eigenvalue weighted by Gasteiger charge is 2.28. The van der Waals surface area contributed by atoms with Crippen LogP contribution in [0.3, 0.4) is 0 Å². The minimum Gasteiger partial charge on any atom is -0.465 e. The molecule has 1 aromatic rings. The van der Waals surface area contributed by atoms with Gasteiger partial charge in [0.2, 0.25) is 0 Å². The molecule has 0 spiro atoms. The Morgan fingerprint density at radius 3 is 2.76 bits per heavy atom. The number of nitrogens with zero attached hydrogens (tertiary/aromatic N) is 2. The molecule has 2 heterocycles. The molecule has 8 heteroatoms. The van der Waals surface area contributed by atoms with Gasteiger partial charge in [-0.05, 0) is 12.1 Å². The van der Waals surface area contributed by atoms with E-state index in [1.165, 1.54) is 25.4 Å². The minimum absolute atomic E-state index is 0.279. The third kappa shape index (κ3) is 2.22. The Hall–Kier alpha value is -1.67. The molecule has 17 heavy (non-hydrogen) atoms. The Morgan fingerprint density at radius 2 is 2.29 bits per heavy atom. The third-order valence-corrected chi connectivity index (χ3v) is 3.83. The largest absolute Gasteiger partial charge is 0.465 e. The summed E-state index contributed by atoms with van der Waals surface area (Å²) in [6, 6.07) is 2.94. The number of carbonyl (C=O) groups excluding carboxylic acids is 1. The standard InChI is InChI=1S/C9H11N3O4S/c1-16-9(13)7-2-3-8(10-6-7)12-5-4-11-17(12,14)15/h2-3,6,11H,4-5H2,1H3. The van der Waals surface area contributed by atoms with Gasteiger partial charge in [-0.2, -0.15) is 13.1 Å². The summed E-state index contributed by atoms with van der Waals surface area (Å²) in [5.41, 5.74) is 0.279. The van der Waals surface area contributed by atoms with Crippen molar-refractivity contribution in [3.05, 3.63) is 23.9 Å². The Bertz CT molecular complexity index is 526. The van der Waals surface area contributed by atoms with Gasteiger partial charge in [0.25, 0.3) is 0 Å². The normalized spacial score (nSPS) is 18.1. The van der Waals surface area contributed by atoms with Gasteiger partial charge in [-0.25, -0.2) is 14.1 Å². The molecule has 0 bridgehead atoms. The van der Waals surface area contributed by atoms with Crippen molar-refractivity contribution >= 4 is 22.0 Å². The van der Waals surface area contributed by atoms with Crippen LogP contribution in [0, 0.1) is 0 Å². The van der Waals surface area contributed by atoms with Gasteiger partial charge in [-0.3, -0.25) is 0 Å². The van der Waals surface area contributed by atoms with E-state index in [0.29, 0.717) is 13.1 Å². The zero-order valence-corrected chi connectivity index (χ0v) is 9.90. The molecule has 1 aromatic heterocycles. The number of methoxy groups -OCH3 is 1. The summed E-state index contributed by atoms with van der Waals surface area (Å²) < 4.78 is 31.1. The average molecular weight is 257 g/mol. The van der Waals surface area contributed by atoms with Gasteiger partial charge >= 0.3 is 16.2 Å². The Kier molecular flexibility index (Phi) is 2.99. The molecule has 0 radical (unpaired) electrons. The first-order valence-electron chi connectivity index (χ1n) is 4.86. The SMILES string of the molecule is COC(=O)c1ccc(N2CCNS2(=O)=O)nc1. The lowest BCUT2D eigenvalue weighted by Gasteiger charge is -2.14. The molecule has 1 aliphatic rings. The number of hydrogen-bond acceptors (Lipinski definition) is 5. The fourth-order valence-corrected chi connectivity index (χ4v) is 2.68. The zero-order chi connectivity index (χ0) is 12.5. The van der Waals surface area contributed by atoms with Crippen LogP contribution < -0.4 is 9.03 Å². The predicted octanol–water partition coefficient (Wildman–Crippen LogP) is -0.477. The van der Waals surface area contributed by atoms with Gasteiger partial charge < -0.3 is 4.74 Å². The minimum atomic E-state index is -3.47. The van der Waals surface area contributed by atoms with Crippen molar-refractivity contribution in [2.45, 2.75) is 0 Å². The second-order valence-corrected chi connectivity index (χ2v) is 5.05. The first kappa shape index (κ1) is 11.8. The van der Waals surface area contributed by atoms with Crippen LogP contribution in [0.5, 0.6) is 0 Å². The predicted molar refractivity (Wildman–Crippen MR) is 59.8 cm³/mol. The molecule has 0 saturated carbocycles. The number of ether oxygens (including phenoxy) is 1. The molecular weight excluding hydrogens is 246 g/mol. The number of rotatable bonds is 2. The van der Waals surface area contributed by atoms with E-state index in [2.05, 4.69) is 14.4 Å². The summed E-state index contributed by atoms with van der Waals surface area (Å²) in [5.74, 6) is -0.228. The topological polar surface area (TPSA) is 88.6 Å². The molecule has 0 amide bonds. The fraction of sp³-hybridized carbons (Fsp3) is 0.333. The number of pyridine rings is 1. The van der Waals surface area contributed by atoms with Crippen LogP contribution in [0.15, 0.2) is 18.3 Å². The van der Waals surface area contributed by atoms with E-state index < -0.39 is 16.2 Å². The van der Waals surface area contributed by atoms with Crippen LogP contribution in [-0.4, -0.2) is 39.6 Å². The van der Waals surface area contributed by atoms with E-state index in [1.54, 1.807) is 0 Å². The number of anilines is 1. The van der Waals surface area contributed by atoms with Crippen molar-refractivity contribution in [1.29, 1.82) is 0 Å². The molecule has 2 rings (SSSR count). The van der Waals surface area contributed by atoms with Crippen LogP contribution in [0.25, 0.3) is 0 Å². The lowest BCUT2D eigenvalue weighted by molar-refractivity contribution is 0.0600. The van der Waals surface area contributed by atoms with Crippen molar-refractivity contribution in [2.24, 2.45) is 0 Å².